The maximum absolute atomic E-state index is 11.5. The molecule has 0 unspecified atom stereocenters. The van der Waals surface area contributed by atoms with Crippen LogP contribution >= 0.6 is 0 Å². The van der Waals surface area contributed by atoms with Crippen LogP contribution in [0.3, 0.4) is 0 Å². The van der Waals surface area contributed by atoms with E-state index in [-0.39, 0.29) is 5.78 Å². The van der Waals surface area contributed by atoms with Gasteiger partial charge >= 0.3 is 0 Å². The number of hydrogen-bond acceptors (Lipinski definition) is 5. The number of rotatable bonds is 5. The molecule has 0 N–H and O–H groups in total. The van der Waals surface area contributed by atoms with Crippen molar-refractivity contribution in [3.63, 3.8) is 0 Å². The molecule has 2 heterocycles. The molecule has 0 fully saturated rings. The second kappa shape index (κ2) is 7.48. The molecule has 4 rings (SSSR count). The molecule has 5 nitrogen and oxygen atoms in total. The van der Waals surface area contributed by atoms with E-state index in [1.165, 1.54) is 0 Å². The summed E-state index contributed by atoms with van der Waals surface area (Å²) in [5, 5.41) is 0.898. The van der Waals surface area contributed by atoms with E-state index in [0.717, 1.165) is 16.5 Å². The Kier molecular flexibility index (Phi) is 4.72. The van der Waals surface area contributed by atoms with Gasteiger partial charge in [-0.1, -0.05) is 6.07 Å². The minimum Gasteiger partial charge on any atom is -0.439 e. The monoisotopic (exact) mass is 370 g/mol. The Bertz CT molecular complexity index is 1160. The van der Waals surface area contributed by atoms with E-state index in [0.29, 0.717) is 28.8 Å². The molecule has 0 saturated heterocycles. The fourth-order valence-corrected chi connectivity index (χ4v) is 2.82. The molecule has 5 heteroatoms. The number of benzene rings is 2. The van der Waals surface area contributed by atoms with E-state index in [1.807, 2.05) is 55.5 Å². The molecule has 0 spiro atoms. The summed E-state index contributed by atoms with van der Waals surface area (Å²) in [6, 6.07) is 20.2. The molecular formula is C23H18N2O3. The van der Waals surface area contributed by atoms with Gasteiger partial charge in [-0.2, -0.15) is 0 Å². The Labute approximate surface area is 162 Å². The van der Waals surface area contributed by atoms with Gasteiger partial charge in [0.25, 0.3) is 0 Å². The SMILES string of the molecule is CC(=O)c1ccc2nc(Oc3ccc(Oc4ccccn4)c(C)c3)ccc2c1. The summed E-state index contributed by atoms with van der Waals surface area (Å²) in [6.45, 7) is 3.50. The fourth-order valence-electron chi connectivity index (χ4n) is 2.82. The van der Waals surface area contributed by atoms with Gasteiger partial charge in [-0.25, -0.2) is 9.97 Å². The summed E-state index contributed by atoms with van der Waals surface area (Å²) in [7, 11) is 0. The minimum absolute atomic E-state index is 0.0331. The quantitative estimate of drug-likeness (QED) is 0.420. The number of pyridine rings is 2. The van der Waals surface area contributed by atoms with Crippen molar-refractivity contribution in [3.05, 3.63) is 84.1 Å². The van der Waals surface area contributed by atoms with E-state index in [4.69, 9.17) is 9.47 Å². The largest absolute Gasteiger partial charge is 0.439 e. The third-order valence-electron chi connectivity index (χ3n) is 4.29. The van der Waals surface area contributed by atoms with E-state index in [2.05, 4.69) is 9.97 Å². The Morgan fingerprint density at radius 2 is 1.79 bits per heavy atom. The van der Waals surface area contributed by atoms with Crippen LogP contribution < -0.4 is 9.47 Å². The lowest BCUT2D eigenvalue weighted by atomic mass is 10.1. The average molecular weight is 370 g/mol. The number of ketones is 1. The van der Waals surface area contributed by atoms with Gasteiger partial charge in [0.05, 0.1) is 5.52 Å². The predicted molar refractivity (Wildman–Crippen MR) is 107 cm³/mol. The van der Waals surface area contributed by atoms with Crippen molar-refractivity contribution in [3.8, 4) is 23.3 Å². The summed E-state index contributed by atoms with van der Waals surface area (Å²) in [6.07, 6.45) is 1.69. The molecule has 2 aromatic heterocycles. The second-order valence-electron chi connectivity index (χ2n) is 6.41. The normalized spacial score (nSPS) is 10.6. The number of aryl methyl sites for hydroxylation is 1. The van der Waals surface area contributed by atoms with Gasteiger partial charge < -0.3 is 9.47 Å². The molecule has 4 aromatic rings. The summed E-state index contributed by atoms with van der Waals surface area (Å²) in [4.78, 5) is 20.2. The van der Waals surface area contributed by atoms with E-state index in [1.54, 1.807) is 31.3 Å². The molecule has 0 aliphatic heterocycles. The van der Waals surface area contributed by atoms with Crippen molar-refractivity contribution in [2.24, 2.45) is 0 Å². The van der Waals surface area contributed by atoms with Gasteiger partial charge in [-0.3, -0.25) is 4.79 Å². The first-order valence-corrected chi connectivity index (χ1v) is 8.88. The molecule has 0 bridgehead atoms. The van der Waals surface area contributed by atoms with Crippen LogP contribution in [-0.2, 0) is 0 Å². The number of carbonyl (C=O) groups is 1. The van der Waals surface area contributed by atoms with E-state index in [9.17, 15) is 4.79 Å². The standard InChI is InChI=1S/C23H18N2O3/c1-15-13-19(8-10-21(15)28-22-5-3-4-12-24-22)27-23-11-7-18-14-17(16(2)26)6-9-20(18)25-23/h3-14H,1-2H3. The van der Waals surface area contributed by atoms with Gasteiger partial charge in [0.15, 0.2) is 5.78 Å². The van der Waals surface area contributed by atoms with E-state index < -0.39 is 0 Å². The van der Waals surface area contributed by atoms with Gasteiger partial charge in [0.1, 0.15) is 11.5 Å². The summed E-state index contributed by atoms with van der Waals surface area (Å²) < 4.78 is 11.7. The zero-order chi connectivity index (χ0) is 19.5. The highest BCUT2D eigenvalue weighted by atomic mass is 16.5. The number of Topliss-reactive ketones (excluding diaryl/α,β-unsaturated/α-hetero) is 1. The molecule has 28 heavy (non-hydrogen) atoms. The Hall–Kier alpha value is -3.73. The van der Waals surface area contributed by atoms with Crippen molar-refractivity contribution in [2.75, 3.05) is 0 Å². The van der Waals surface area contributed by atoms with E-state index >= 15 is 0 Å². The van der Waals surface area contributed by atoms with Crippen LogP contribution in [0.4, 0.5) is 0 Å². The number of fused-ring (bicyclic) bond motifs is 1. The lowest BCUT2D eigenvalue weighted by Gasteiger charge is -2.10. The highest BCUT2D eigenvalue weighted by Gasteiger charge is 2.07. The summed E-state index contributed by atoms with van der Waals surface area (Å²) in [5.74, 6) is 2.44. The van der Waals surface area contributed by atoms with Crippen LogP contribution in [0.2, 0.25) is 0 Å². The molecule has 0 radical (unpaired) electrons. The lowest BCUT2D eigenvalue weighted by molar-refractivity contribution is 0.101. The number of hydrogen-bond donors (Lipinski definition) is 0. The lowest BCUT2D eigenvalue weighted by Crippen LogP contribution is -1.94. The van der Waals surface area contributed by atoms with Crippen LogP contribution in [0.15, 0.2) is 72.9 Å². The van der Waals surface area contributed by atoms with Gasteiger partial charge in [0, 0.05) is 29.3 Å². The predicted octanol–water partition coefficient (Wildman–Crippen LogP) is 5.73. The Morgan fingerprint density at radius 3 is 2.54 bits per heavy atom. The van der Waals surface area contributed by atoms with Crippen molar-refractivity contribution in [1.29, 1.82) is 0 Å². The molecule has 2 aromatic carbocycles. The van der Waals surface area contributed by atoms with Crippen molar-refractivity contribution in [1.82, 2.24) is 9.97 Å². The third-order valence-corrected chi connectivity index (χ3v) is 4.29. The molecule has 0 amide bonds. The zero-order valence-corrected chi connectivity index (χ0v) is 15.5. The van der Waals surface area contributed by atoms with Gasteiger partial charge in [-0.15, -0.1) is 0 Å². The van der Waals surface area contributed by atoms with Gasteiger partial charge in [-0.05, 0) is 67.9 Å². The average Bonchev–Trinajstić information content (AvgIpc) is 2.70. The highest BCUT2D eigenvalue weighted by molar-refractivity contribution is 5.97. The molecule has 0 atom stereocenters. The number of carbonyl (C=O) groups excluding carboxylic acids is 1. The smallest absolute Gasteiger partial charge is 0.219 e. The molecule has 138 valence electrons. The first-order chi connectivity index (χ1) is 13.6. The second-order valence-corrected chi connectivity index (χ2v) is 6.41. The van der Waals surface area contributed by atoms with Crippen LogP contribution in [-0.4, -0.2) is 15.8 Å². The van der Waals surface area contributed by atoms with Crippen molar-refractivity contribution >= 4 is 16.7 Å². The molecule has 0 aliphatic rings. The Balaban J connectivity index is 1.54. The zero-order valence-electron chi connectivity index (χ0n) is 15.5. The summed E-state index contributed by atoms with van der Waals surface area (Å²) >= 11 is 0. The minimum atomic E-state index is 0.0331. The van der Waals surface area contributed by atoms with Crippen LogP contribution in [0.25, 0.3) is 10.9 Å². The summed E-state index contributed by atoms with van der Waals surface area (Å²) in [5.41, 5.74) is 2.37. The third kappa shape index (κ3) is 3.83. The number of aromatic nitrogens is 2. The number of nitrogens with zero attached hydrogens (tertiary/aromatic N) is 2. The first-order valence-electron chi connectivity index (χ1n) is 8.88. The first kappa shape index (κ1) is 17.7. The Morgan fingerprint density at radius 1 is 0.893 bits per heavy atom. The fraction of sp³-hybridized carbons (Fsp3) is 0.0870. The van der Waals surface area contributed by atoms with Crippen molar-refractivity contribution < 1.29 is 14.3 Å². The molecule has 0 aliphatic carbocycles. The topological polar surface area (TPSA) is 61.3 Å². The maximum Gasteiger partial charge on any atom is 0.219 e. The van der Waals surface area contributed by atoms with Crippen molar-refractivity contribution in [2.45, 2.75) is 13.8 Å². The van der Waals surface area contributed by atoms with Crippen LogP contribution in [0.1, 0.15) is 22.8 Å². The molecule has 0 saturated carbocycles. The molecular weight excluding hydrogens is 352 g/mol. The van der Waals surface area contributed by atoms with Gasteiger partial charge in [0.2, 0.25) is 11.8 Å². The maximum atomic E-state index is 11.5. The van der Waals surface area contributed by atoms with Crippen LogP contribution in [0, 0.1) is 6.92 Å². The number of ether oxygens (including phenoxy) is 2. The van der Waals surface area contributed by atoms with Crippen LogP contribution in [0.5, 0.6) is 23.3 Å². The highest BCUT2D eigenvalue weighted by Crippen LogP contribution is 2.30.